The van der Waals surface area contributed by atoms with Gasteiger partial charge in [0.15, 0.2) is 0 Å². The van der Waals surface area contributed by atoms with Crippen LogP contribution in [-0.2, 0) is 40.9 Å². The fourth-order valence-electron chi connectivity index (χ4n) is 0.895. The maximum atomic E-state index is 5.63. The monoisotopic (exact) mass is 311 g/mol. The molecule has 0 rings (SSSR count). The molecule has 0 spiro atoms. The molecule has 4 nitrogen and oxygen atoms in total. The third-order valence-corrected chi connectivity index (χ3v) is 5.34. The molecule has 0 amide bonds. The molecule has 0 radical (unpaired) electrons. The van der Waals surface area contributed by atoms with Crippen molar-refractivity contribution in [1.82, 2.24) is 0 Å². The van der Waals surface area contributed by atoms with Gasteiger partial charge in [-0.15, -0.1) is 0 Å². The standard InChI is InChI=1S/C9H21O4Si.Zr/c1-4-7-11-14(10,12-8-5-2)13-9-6-3;/h4-9H2,1-3H3;/q-1;+1. The molecule has 0 bridgehead atoms. The Hall–Kier alpha value is 0.940. The molecule has 0 heterocycles. The van der Waals surface area contributed by atoms with Crippen molar-refractivity contribution in [3.05, 3.63) is 0 Å². The van der Waals surface area contributed by atoms with Gasteiger partial charge in [-0.1, -0.05) is 0 Å². The van der Waals surface area contributed by atoms with Gasteiger partial charge >= 0.3 is 110 Å². The maximum absolute atomic E-state index is 5.63. The van der Waals surface area contributed by atoms with Crippen LogP contribution in [0.3, 0.4) is 0 Å². The van der Waals surface area contributed by atoms with Crippen LogP contribution < -0.4 is 0 Å². The quantitative estimate of drug-likeness (QED) is 0.579. The Bertz CT molecular complexity index is 126. The predicted octanol–water partition coefficient (Wildman–Crippen LogP) is 2.18. The van der Waals surface area contributed by atoms with E-state index in [-0.39, 0.29) is 0 Å². The van der Waals surface area contributed by atoms with E-state index in [0.29, 0.717) is 19.8 Å². The van der Waals surface area contributed by atoms with Gasteiger partial charge in [-0.05, 0) is 0 Å². The van der Waals surface area contributed by atoms with Gasteiger partial charge in [0.25, 0.3) is 0 Å². The van der Waals surface area contributed by atoms with Crippen LogP contribution in [0.1, 0.15) is 40.0 Å². The zero-order valence-corrected chi connectivity index (χ0v) is 13.3. The molecular weight excluding hydrogens is 291 g/mol. The van der Waals surface area contributed by atoms with Crippen LogP contribution in [-0.4, -0.2) is 28.9 Å². The Morgan fingerprint density at radius 1 is 0.800 bits per heavy atom. The van der Waals surface area contributed by atoms with Crippen molar-refractivity contribution >= 4 is 9.05 Å². The Labute approximate surface area is 110 Å². The summed E-state index contributed by atoms with van der Waals surface area (Å²) in [5, 5.41) is 0. The molecule has 0 saturated heterocycles. The van der Waals surface area contributed by atoms with Crippen molar-refractivity contribution in [2.24, 2.45) is 0 Å². The van der Waals surface area contributed by atoms with Crippen molar-refractivity contribution in [1.29, 1.82) is 0 Å². The first-order valence-electron chi connectivity index (χ1n) is 5.51. The van der Waals surface area contributed by atoms with Gasteiger partial charge in [0.2, 0.25) is 0 Å². The summed E-state index contributed by atoms with van der Waals surface area (Å²) in [6.07, 6.45) is 2.83. The third kappa shape index (κ3) is 6.97. The van der Waals surface area contributed by atoms with Crippen molar-refractivity contribution in [2.45, 2.75) is 40.0 Å². The summed E-state index contributed by atoms with van der Waals surface area (Å²) in [5.74, 6) is 0. The SMILES string of the molecule is CCCO[Si]([O][Zr])(OCCC)OCCC. The Morgan fingerprint density at radius 2 is 1.13 bits per heavy atom. The van der Waals surface area contributed by atoms with Gasteiger partial charge < -0.3 is 0 Å². The predicted molar refractivity (Wildman–Crippen MR) is 55.6 cm³/mol. The zero-order chi connectivity index (χ0) is 11.6. The fraction of sp³-hybridized carbons (Fsp3) is 1.00. The molecular formula is C9H21O4SiZr. The molecule has 0 aliphatic rings. The van der Waals surface area contributed by atoms with E-state index in [1.54, 1.807) is 0 Å². The molecule has 0 aromatic rings. The van der Waals surface area contributed by atoms with Gasteiger partial charge in [-0.3, -0.25) is 0 Å². The van der Waals surface area contributed by atoms with Crippen molar-refractivity contribution in [2.75, 3.05) is 19.8 Å². The Kier molecular flexibility index (Phi) is 10.8. The van der Waals surface area contributed by atoms with Gasteiger partial charge in [0.05, 0.1) is 0 Å². The molecule has 0 atom stereocenters. The Morgan fingerprint density at radius 3 is 1.33 bits per heavy atom. The summed E-state index contributed by atoms with van der Waals surface area (Å²) < 4.78 is 22.3. The van der Waals surface area contributed by atoms with E-state index in [9.17, 15) is 0 Å². The van der Waals surface area contributed by atoms with E-state index in [1.165, 1.54) is 0 Å². The van der Waals surface area contributed by atoms with Gasteiger partial charge in [0, 0.05) is 0 Å². The van der Waals surface area contributed by atoms with Crippen molar-refractivity contribution in [3.8, 4) is 0 Å². The first-order chi connectivity index (χ1) is 7.24. The molecule has 0 unspecified atom stereocenters. The van der Waals surface area contributed by atoms with E-state index in [2.05, 4.69) is 20.8 Å². The van der Waals surface area contributed by atoms with Gasteiger partial charge in [0.1, 0.15) is 0 Å². The molecule has 89 valence electrons. The van der Waals surface area contributed by atoms with Crippen molar-refractivity contribution in [3.63, 3.8) is 0 Å². The first-order valence-corrected chi connectivity index (χ1v) is 8.14. The average Bonchev–Trinajstić information content (AvgIpc) is 2.29. The number of hydrogen-bond donors (Lipinski definition) is 0. The molecule has 15 heavy (non-hydrogen) atoms. The fourth-order valence-corrected chi connectivity index (χ4v) is 3.99. The van der Waals surface area contributed by atoms with Crippen LogP contribution in [0.15, 0.2) is 0 Å². The first kappa shape index (κ1) is 15.9. The molecule has 0 aliphatic heterocycles. The van der Waals surface area contributed by atoms with Crippen LogP contribution in [0.25, 0.3) is 0 Å². The van der Waals surface area contributed by atoms with E-state index in [4.69, 9.17) is 15.8 Å². The van der Waals surface area contributed by atoms with Crippen LogP contribution in [0.5, 0.6) is 0 Å². The molecule has 0 aromatic heterocycles. The third-order valence-electron chi connectivity index (χ3n) is 1.57. The van der Waals surface area contributed by atoms with Crippen molar-refractivity contribution < 1.29 is 40.9 Å². The second kappa shape index (κ2) is 10.1. The summed E-state index contributed by atoms with van der Waals surface area (Å²) in [4.78, 5) is 0. The van der Waals surface area contributed by atoms with Crippen LogP contribution in [0, 0.1) is 0 Å². The van der Waals surface area contributed by atoms with Crippen LogP contribution in [0.2, 0.25) is 0 Å². The van der Waals surface area contributed by atoms with Crippen LogP contribution in [0.4, 0.5) is 0 Å². The normalized spacial score (nSPS) is 11.9. The summed E-state index contributed by atoms with van der Waals surface area (Å²) in [5.41, 5.74) is 0. The molecule has 0 fully saturated rings. The minimum absolute atomic E-state index is 0.633. The van der Waals surface area contributed by atoms with E-state index in [1.807, 2.05) is 0 Å². The second-order valence-electron chi connectivity index (χ2n) is 3.15. The molecule has 0 aliphatic carbocycles. The molecule has 0 N–H and O–H groups in total. The Balaban J connectivity index is 4.16. The average molecular weight is 313 g/mol. The van der Waals surface area contributed by atoms with E-state index in [0.717, 1.165) is 44.4 Å². The van der Waals surface area contributed by atoms with Crippen LogP contribution >= 0.6 is 0 Å². The van der Waals surface area contributed by atoms with E-state index >= 15 is 0 Å². The molecule has 0 aromatic carbocycles. The molecule has 6 heteroatoms. The number of hydrogen-bond acceptors (Lipinski definition) is 4. The van der Waals surface area contributed by atoms with E-state index < -0.39 is 9.05 Å². The minimum atomic E-state index is -2.79. The summed E-state index contributed by atoms with van der Waals surface area (Å²) in [6.45, 7) is 8.07. The van der Waals surface area contributed by atoms with Gasteiger partial charge in [-0.25, -0.2) is 0 Å². The summed E-state index contributed by atoms with van der Waals surface area (Å²) in [6, 6.07) is 0. The second-order valence-corrected chi connectivity index (χ2v) is 6.72. The van der Waals surface area contributed by atoms with Gasteiger partial charge in [-0.2, -0.15) is 0 Å². The topological polar surface area (TPSA) is 36.9 Å². The number of rotatable bonds is 10. The molecule has 0 saturated carbocycles. The summed E-state index contributed by atoms with van der Waals surface area (Å²) >= 11 is 0.938. The zero-order valence-electron chi connectivity index (χ0n) is 9.88. The summed E-state index contributed by atoms with van der Waals surface area (Å²) in [7, 11) is -2.79.